The van der Waals surface area contributed by atoms with E-state index in [0.717, 1.165) is 17.8 Å². The highest BCUT2D eigenvalue weighted by Gasteiger charge is 2.37. The maximum atomic E-state index is 13.4. The number of hydrogen-bond donors (Lipinski definition) is 0. The first-order valence-corrected chi connectivity index (χ1v) is 10.8. The summed E-state index contributed by atoms with van der Waals surface area (Å²) >= 11 is 0. The van der Waals surface area contributed by atoms with Crippen LogP contribution in [0.5, 0.6) is 0 Å². The topological polar surface area (TPSA) is 81.6 Å². The summed E-state index contributed by atoms with van der Waals surface area (Å²) in [6, 6.07) is 6.68. The SMILES string of the molecule is Cc1cn(-c2ccc3c(=O)n(C4CCN(c5cccc(C(F)(F)F)c5)C4=O)c(C)cn3c2=O)cn1. The summed E-state index contributed by atoms with van der Waals surface area (Å²) in [5, 5.41) is 0. The molecule has 1 amide bonds. The number of amides is 1. The van der Waals surface area contributed by atoms with Gasteiger partial charge in [-0.1, -0.05) is 6.07 Å². The molecule has 4 heterocycles. The fraction of sp³-hybridized carbons (Fsp3) is 0.250. The maximum Gasteiger partial charge on any atom is 0.416 e. The molecule has 5 rings (SSSR count). The Morgan fingerprint density at radius 3 is 2.46 bits per heavy atom. The lowest BCUT2D eigenvalue weighted by molar-refractivity contribution is -0.137. The molecule has 0 saturated carbocycles. The van der Waals surface area contributed by atoms with Gasteiger partial charge in [-0.3, -0.25) is 23.4 Å². The minimum atomic E-state index is -4.54. The van der Waals surface area contributed by atoms with Gasteiger partial charge in [0.05, 0.1) is 17.6 Å². The van der Waals surface area contributed by atoms with E-state index in [2.05, 4.69) is 4.98 Å². The molecule has 0 radical (unpaired) electrons. The lowest BCUT2D eigenvalue weighted by Crippen LogP contribution is -2.36. The Labute approximate surface area is 196 Å². The number of aromatic nitrogens is 4. The number of aryl methyl sites for hydroxylation is 2. The van der Waals surface area contributed by atoms with Gasteiger partial charge in [-0.05, 0) is 50.6 Å². The molecule has 1 aliphatic rings. The summed E-state index contributed by atoms with van der Waals surface area (Å²) in [7, 11) is 0. The Balaban J connectivity index is 1.55. The second-order valence-corrected chi connectivity index (χ2v) is 8.49. The van der Waals surface area contributed by atoms with Crippen molar-refractivity contribution in [3.05, 3.63) is 92.8 Å². The summed E-state index contributed by atoms with van der Waals surface area (Å²) in [6.07, 6.45) is 0.393. The van der Waals surface area contributed by atoms with Gasteiger partial charge in [0, 0.05) is 30.3 Å². The van der Waals surface area contributed by atoms with Crippen molar-refractivity contribution in [2.75, 3.05) is 11.4 Å². The van der Waals surface area contributed by atoms with Gasteiger partial charge in [-0.2, -0.15) is 13.2 Å². The van der Waals surface area contributed by atoms with Crippen LogP contribution in [0.25, 0.3) is 11.2 Å². The van der Waals surface area contributed by atoms with Crippen LogP contribution in [0.4, 0.5) is 18.9 Å². The van der Waals surface area contributed by atoms with E-state index in [9.17, 15) is 27.6 Å². The number of halogens is 3. The zero-order valence-electron chi connectivity index (χ0n) is 18.8. The standard InChI is InChI=1S/C24H20F3N5O3/c1-14-11-29(13-28-14)18-6-7-19-23(35)32(15(2)12-31(19)21(18)33)20-8-9-30(22(20)34)17-5-3-4-16(10-17)24(25,26)27/h3-7,10-13,20H,8-9H2,1-2H3. The monoisotopic (exact) mass is 483 g/mol. The molecule has 4 aromatic rings. The highest BCUT2D eigenvalue weighted by atomic mass is 19.4. The molecule has 35 heavy (non-hydrogen) atoms. The molecular weight excluding hydrogens is 463 g/mol. The minimum absolute atomic E-state index is 0.0894. The predicted octanol–water partition coefficient (Wildman–Crippen LogP) is 3.26. The second kappa shape index (κ2) is 7.97. The van der Waals surface area contributed by atoms with Gasteiger partial charge in [-0.25, -0.2) is 4.98 Å². The third kappa shape index (κ3) is 3.72. The van der Waals surface area contributed by atoms with E-state index in [-0.39, 0.29) is 24.2 Å². The molecule has 1 aromatic carbocycles. The minimum Gasteiger partial charge on any atom is -0.311 e. The van der Waals surface area contributed by atoms with Crippen molar-refractivity contribution in [3.63, 3.8) is 0 Å². The summed E-state index contributed by atoms with van der Waals surface area (Å²) in [4.78, 5) is 45.1. The Bertz CT molecular complexity index is 1600. The number of hydrogen-bond acceptors (Lipinski definition) is 4. The number of benzene rings is 1. The van der Waals surface area contributed by atoms with Crippen LogP contribution in [-0.4, -0.2) is 31.0 Å². The maximum absolute atomic E-state index is 13.4. The number of carbonyl (C=O) groups is 1. The number of alkyl halides is 3. The van der Waals surface area contributed by atoms with E-state index in [0.29, 0.717) is 11.4 Å². The molecule has 0 bridgehead atoms. The van der Waals surface area contributed by atoms with Crippen LogP contribution in [0, 0.1) is 13.8 Å². The molecule has 0 aliphatic carbocycles. The number of nitrogens with zero attached hydrogens (tertiary/aromatic N) is 5. The lowest BCUT2D eigenvalue weighted by atomic mass is 10.2. The molecule has 0 spiro atoms. The Morgan fingerprint density at radius 1 is 1.00 bits per heavy atom. The van der Waals surface area contributed by atoms with E-state index in [1.807, 2.05) is 0 Å². The number of carbonyl (C=O) groups excluding carboxylic acids is 1. The zero-order valence-corrected chi connectivity index (χ0v) is 18.8. The molecule has 1 aliphatic heterocycles. The lowest BCUT2D eigenvalue weighted by Gasteiger charge is -2.20. The average molecular weight is 483 g/mol. The van der Waals surface area contributed by atoms with Crippen molar-refractivity contribution in [3.8, 4) is 5.69 Å². The largest absolute Gasteiger partial charge is 0.416 e. The molecular formula is C24H20F3N5O3. The number of fused-ring (bicyclic) bond motifs is 1. The van der Waals surface area contributed by atoms with E-state index in [1.54, 1.807) is 24.6 Å². The highest BCUT2D eigenvalue weighted by molar-refractivity contribution is 5.98. The van der Waals surface area contributed by atoms with Gasteiger partial charge < -0.3 is 9.47 Å². The van der Waals surface area contributed by atoms with E-state index in [1.165, 1.54) is 50.7 Å². The predicted molar refractivity (Wildman–Crippen MR) is 122 cm³/mol. The second-order valence-electron chi connectivity index (χ2n) is 8.49. The van der Waals surface area contributed by atoms with E-state index < -0.39 is 34.8 Å². The molecule has 11 heteroatoms. The van der Waals surface area contributed by atoms with Crippen molar-refractivity contribution < 1.29 is 18.0 Å². The van der Waals surface area contributed by atoms with Gasteiger partial charge in [0.2, 0.25) is 5.91 Å². The van der Waals surface area contributed by atoms with Gasteiger partial charge >= 0.3 is 6.18 Å². The van der Waals surface area contributed by atoms with Crippen LogP contribution in [0.15, 0.2) is 64.7 Å². The quantitative estimate of drug-likeness (QED) is 0.448. The van der Waals surface area contributed by atoms with Crippen molar-refractivity contribution in [2.24, 2.45) is 0 Å². The third-order valence-electron chi connectivity index (χ3n) is 6.19. The molecule has 1 unspecified atom stereocenters. The van der Waals surface area contributed by atoms with Crippen molar-refractivity contribution in [1.82, 2.24) is 18.5 Å². The summed E-state index contributed by atoms with van der Waals surface area (Å²) < 4.78 is 43.5. The number of imidazole rings is 1. The summed E-state index contributed by atoms with van der Waals surface area (Å²) in [5.74, 6) is -0.480. The first-order chi connectivity index (χ1) is 16.6. The number of pyridine rings is 1. The van der Waals surface area contributed by atoms with E-state index in [4.69, 9.17) is 0 Å². The first kappa shape index (κ1) is 22.6. The van der Waals surface area contributed by atoms with Crippen LogP contribution in [0.2, 0.25) is 0 Å². The summed E-state index contributed by atoms with van der Waals surface area (Å²) in [5.41, 5.74) is -0.169. The van der Waals surface area contributed by atoms with Crippen LogP contribution in [-0.2, 0) is 11.0 Å². The highest BCUT2D eigenvalue weighted by Crippen LogP contribution is 2.34. The molecule has 1 saturated heterocycles. The van der Waals surface area contributed by atoms with Crippen LogP contribution in [0.3, 0.4) is 0 Å². The summed E-state index contributed by atoms with van der Waals surface area (Å²) in [6.45, 7) is 3.56. The fourth-order valence-corrected chi connectivity index (χ4v) is 4.53. The zero-order chi connectivity index (χ0) is 25.1. The van der Waals surface area contributed by atoms with Gasteiger partial charge in [-0.15, -0.1) is 0 Å². The fourth-order valence-electron chi connectivity index (χ4n) is 4.53. The first-order valence-electron chi connectivity index (χ1n) is 10.8. The van der Waals surface area contributed by atoms with Gasteiger partial charge in [0.25, 0.3) is 11.1 Å². The Hall–Kier alpha value is -4.15. The number of anilines is 1. The molecule has 8 nitrogen and oxygen atoms in total. The van der Waals surface area contributed by atoms with E-state index >= 15 is 0 Å². The molecule has 0 N–H and O–H groups in total. The van der Waals surface area contributed by atoms with Crippen molar-refractivity contribution in [2.45, 2.75) is 32.5 Å². The normalized spacial score (nSPS) is 16.4. The van der Waals surface area contributed by atoms with Gasteiger partial charge in [0.15, 0.2) is 0 Å². The van der Waals surface area contributed by atoms with Gasteiger partial charge in [0.1, 0.15) is 17.2 Å². The van der Waals surface area contributed by atoms with Crippen LogP contribution < -0.4 is 16.0 Å². The average Bonchev–Trinajstić information content (AvgIpc) is 3.40. The molecule has 180 valence electrons. The van der Waals surface area contributed by atoms with Crippen LogP contribution >= 0.6 is 0 Å². The Kier molecular flexibility index (Phi) is 5.15. The molecule has 1 atom stereocenters. The van der Waals surface area contributed by atoms with Crippen molar-refractivity contribution >= 4 is 17.1 Å². The third-order valence-corrected chi connectivity index (χ3v) is 6.19. The number of rotatable bonds is 3. The van der Waals surface area contributed by atoms with Crippen molar-refractivity contribution in [1.29, 1.82) is 0 Å². The van der Waals surface area contributed by atoms with Crippen LogP contribution in [0.1, 0.15) is 29.4 Å². The Morgan fingerprint density at radius 2 is 1.77 bits per heavy atom. The smallest absolute Gasteiger partial charge is 0.311 e. The molecule has 1 fully saturated rings. The molecule has 3 aromatic heterocycles.